The first-order valence-electron chi connectivity index (χ1n) is 8.50. The third-order valence-corrected chi connectivity index (χ3v) is 3.96. The van der Waals surface area contributed by atoms with Gasteiger partial charge in [-0.15, -0.1) is 0 Å². The average Bonchev–Trinajstić information content (AvgIpc) is 2.98. The molecule has 1 amide bonds. The molecule has 0 saturated carbocycles. The molecule has 0 aliphatic rings. The van der Waals surface area contributed by atoms with E-state index in [-0.39, 0.29) is 5.91 Å². The highest BCUT2D eigenvalue weighted by Crippen LogP contribution is 2.14. The Morgan fingerprint density at radius 1 is 0.808 bits per heavy atom. The van der Waals surface area contributed by atoms with Crippen LogP contribution in [0.15, 0.2) is 66.7 Å². The number of carbonyl (C=O) groups is 1. The van der Waals surface area contributed by atoms with E-state index in [1.807, 2.05) is 56.3 Å². The summed E-state index contributed by atoms with van der Waals surface area (Å²) < 4.78 is 13.0. The number of hydrogen-bond acceptors (Lipinski definition) is 3. The molecule has 26 heavy (non-hydrogen) atoms. The molecule has 0 spiro atoms. The van der Waals surface area contributed by atoms with Crippen molar-refractivity contribution in [1.29, 1.82) is 0 Å². The molecule has 1 heterocycles. The number of amides is 1. The SMILES string of the molecule is Cc1ccc(C)n1NC(=O)c1ccc(OCCOc2ccccc2)cc1. The van der Waals surface area contributed by atoms with E-state index < -0.39 is 0 Å². The lowest BCUT2D eigenvalue weighted by Crippen LogP contribution is -2.24. The van der Waals surface area contributed by atoms with E-state index in [4.69, 9.17) is 9.47 Å². The Morgan fingerprint density at radius 3 is 1.92 bits per heavy atom. The second kappa shape index (κ2) is 8.25. The molecule has 1 N–H and O–H groups in total. The van der Waals surface area contributed by atoms with Crippen LogP contribution in [0.25, 0.3) is 0 Å². The van der Waals surface area contributed by atoms with Gasteiger partial charge in [0.05, 0.1) is 0 Å². The average molecular weight is 350 g/mol. The Bertz CT molecular complexity index is 835. The number of nitrogens with one attached hydrogen (secondary N) is 1. The van der Waals surface area contributed by atoms with Gasteiger partial charge in [0.25, 0.3) is 5.91 Å². The molecule has 0 aliphatic heterocycles. The van der Waals surface area contributed by atoms with Crippen LogP contribution in [-0.2, 0) is 0 Å². The molecule has 3 aromatic rings. The lowest BCUT2D eigenvalue weighted by Gasteiger charge is -2.12. The minimum atomic E-state index is -0.161. The summed E-state index contributed by atoms with van der Waals surface area (Å²) in [6, 6.07) is 20.6. The summed E-state index contributed by atoms with van der Waals surface area (Å²) in [5.74, 6) is 1.36. The lowest BCUT2D eigenvalue weighted by atomic mass is 10.2. The van der Waals surface area contributed by atoms with E-state index >= 15 is 0 Å². The van der Waals surface area contributed by atoms with Crippen molar-refractivity contribution in [3.63, 3.8) is 0 Å². The molecule has 0 aliphatic carbocycles. The van der Waals surface area contributed by atoms with Crippen LogP contribution in [-0.4, -0.2) is 23.8 Å². The maximum atomic E-state index is 12.4. The zero-order valence-electron chi connectivity index (χ0n) is 14.9. The molecule has 2 aromatic carbocycles. The predicted molar refractivity (Wildman–Crippen MR) is 101 cm³/mol. The number of hydrogen-bond donors (Lipinski definition) is 1. The number of aryl methyl sites for hydroxylation is 2. The van der Waals surface area contributed by atoms with E-state index in [2.05, 4.69) is 5.43 Å². The van der Waals surface area contributed by atoms with Crippen molar-refractivity contribution in [2.75, 3.05) is 18.6 Å². The Balaban J connectivity index is 1.49. The molecule has 0 saturated heterocycles. The Labute approximate surface area is 153 Å². The highest BCUT2D eigenvalue weighted by Gasteiger charge is 2.09. The monoisotopic (exact) mass is 350 g/mol. The van der Waals surface area contributed by atoms with Crippen molar-refractivity contribution in [1.82, 2.24) is 4.68 Å². The number of rotatable bonds is 7. The molecule has 5 heteroatoms. The molecule has 0 unspecified atom stereocenters. The van der Waals surface area contributed by atoms with Crippen molar-refractivity contribution < 1.29 is 14.3 Å². The first-order valence-corrected chi connectivity index (χ1v) is 8.50. The number of para-hydroxylation sites is 1. The summed E-state index contributed by atoms with van der Waals surface area (Å²) in [6.45, 7) is 4.78. The van der Waals surface area contributed by atoms with E-state index in [9.17, 15) is 4.79 Å². The van der Waals surface area contributed by atoms with Gasteiger partial charge in [0.1, 0.15) is 24.7 Å². The molecular weight excluding hydrogens is 328 g/mol. The van der Waals surface area contributed by atoms with Gasteiger partial charge >= 0.3 is 0 Å². The van der Waals surface area contributed by atoms with E-state index in [0.717, 1.165) is 17.1 Å². The molecule has 3 rings (SSSR count). The van der Waals surface area contributed by atoms with Gasteiger partial charge in [0, 0.05) is 17.0 Å². The van der Waals surface area contributed by atoms with Gasteiger partial charge < -0.3 is 9.47 Å². The fourth-order valence-corrected chi connectivity index (χ4v) is 2.55. The van der Waals surface area contributed by atoms with Gasteiger partial charge in [-0.2, -0.15) is 0 Å². The second-order valence-corrected chi connectivity index (χ2v) is 5.93. The fourth-order valence-electron chi connectivity index (χ4n) is 2.55. The van der Waals surface area contributed by atoms with Crippen molar-refractivity contribution >= 4 is 5.91 Å². The summed E-state index contributed by atoms with van der Waals surface area (Å²) >= 11 is 0. The molecule has 134 valence electrons. The highest BCUT2D eigenvalue weighted by molar-refractivity contribution is 6.00. The standard InChI is InChI=1S/C21H22N2O3/c1-16-8-9-17(2)23(16)22-21(24)18-10-12-20(13-11-18)26-15-14-25-19-6-4-3-5-7-19/h3-13H,14-15H2,1-2H3,(H,22,24). The summed E-state index contributed by atoms with van der Waals surface area (Å²) in [5.41, 5.74) is 5.42. The van der Waals surface area contributed by atoms with Crippen LogP contribution in [0.2, 0.25) is 0 Å². The van der Waals surface area contributed by atoms with Crippen LogP contribution in [0.4, 0.5) is 0 Å². The zero-order valence-corrected chi connectivity index (χ0v) is 14.9. The van der Waals surface area contributed by atoms with Gasteiger partial charge in [0.15, 0.2) is 0 Å². The van der Waals surface area contributed by atoms with Crippen molar-refractivity contribution in [3.05, 3.63) is 83.7 Å². The third kappa shape index (κ3) is 4.45. The van der Waals surface area contributed by atoms with Crippen LogP contribution >= 0.6 is 0 Å². The van der Waals surface area contributed by atoms with Crippen molar-refractivity contribution in [2.45, 2.75) is 13.8 Å². The fraction of sp³-hybridized carbons (Fsp3) is 0.190. The minimum absolute atomic E-state index is 0.161. The second-order valence-electron chi connectivity index (χ2n) is 5.93. The van der Waals surface area contributed by atoms with E-state index in [1.165, 1.54) is 0 Å². The van der Waals surface area contributed by atoms with Crippen LogP contribution < -0.4 is 14.9 Å². The molecule has 0 radical (unpaired) electrons. The number of aromatic nitrogens is 1. The van der Waals surface area contributed by atoms with E-state index in [1.54, 1.807) is 28.9 Å². The quantitative estimate of drug-likeness (QED) is 0.657. The summed E-state index contributed by atoms with van der Waals surface area (Å²) in [6.07, 6.45) is 0. The van der Waals surface area contributed by atoms with Crippen LogP contribution in [0.5, 0.6) is 11.5 Å². The Hall–Kier alpha value is -3.21. The first-order chi connectivity index (χ1) is 12.6. The summed E-state index contributed by atoms with van der Waals surface area (Å²) in [5, 5.41) is 0. The Morgan fingerprint density at radius 2 is 1.35 bits per heavy atom. The summed E-state index contributed by atoms with van der Waals surface area (Å²) in [4.78, 5) is 12.4. The molecule has 5 nitrogen and oxygen atoms in total. The summed E-state index contributed by atoms with van der Waals surface area (Å²) in [7, 11) is 0. The molecular formula is C21H22N2O3. The highest BCUT2D eigenvalue weighted by atomic mass is 16.5. The topological polar surface area (TPSA) is 52.5 Å². The van der Waals surface area contributed by atoms with Crippen LogP contribution in [0.1, 0.15) is 21.7 Å². The first kappa shape index (κ1) is 17.6. The zero-order chi connectivity index (χ0) is 18.4. The number of benzene rings is 2. The smallest absolute Gasteiger partial charge is 0.270 e. The number of ether oxygens (including phenoxy) is 2. The predicted octanol–water partition coefficient (Wildman–Crippen LogP) is 3.95. The Kier molecular flexibility index (Phi) is 5.59. The molecule has 0 atom stereocenters. The minimum Gasteiger partial charge on any atom is -0.490 e. The number of carbonyl (C=O) groups excluding carboxylic acids is 1. The van der Waals surface area contributed by atoms with Gasteiger partial charge in [0.2, 0.25) is 0 Å². The van der Waals surface area contributed by atoms with Crippen molar-refractivity contribution in [2.24, 2.45) is 0 Å². The van der Waals surface area contributed by atoms with Gasteiger partial charge in [-0.05, 0) is 62.4 Å². The normalized spacial score (nSPS) is 10.4. The van der Waals surface area contributed by atoms with Crippen molar-refractivity contribution in [3.8, 4) is 11.5 Å². The van der Waals surface area contributed by atoms with Crippen LogP contribution in [0.3, 0.4) is 0 Å². The third-order valence-electron chi connectivity index (χ3n) is 3.96. The van der Waals surface area contributed by atoms with E-state index in [0.29, 0.717) is 24.5 Å². The molecule has 0 bridgehead atoms. The number of nitrogens with zero attached hydrogens (tertiary/aromatic N) is 1. The molecule has 0 fully saturated rings. The maximum absolute atomic E-state index is 12.4. The molecule has 1 aromatic heterocycles. The van der Waals surface area contributed by atoms with Gasteiger partial charge in [-0.1, -0.05) is 18.2 Å². The maximum Gasteiger partial charge on any atom is 0.270 e. The largest absolute Gasteiger partial charge is 0.490 e. The van der Waals surface area contributed by atoms with Gasteiger partial charge in [-0.3, -0.25) is 14.9 Å². The van der Waals surface area contributed by atoms with Crippen LogP contribution in [0, 0.1) is 13.8 Å². The van der Waals surface area contributed by atoms with Gasteiger partial charge in [-0.25, -0.2) is 0 Å². The lowest BCUT2D eigenvalue weighted by molar-refractivity contribution is 0.101.